The molecule has 28 heavy (non-hydrogen) atoms. The highest BCUT2D eigenvalue weighted by Crippen LogP contribution is 2.22. The molecule has 2 amide bonds. The highest BCUT2D eigenvalue weighted by atomic mass is 19.1. The summed E-state index contributed by atoms with van der Waals surface area (Å²) in [7, 11) is 1.64. The standard InChI is InChI=1S/C22H24FN3O2/c1-15-12-18(16(2)26(15)20-8-10-21(28-3)11-9-20)14-25-22(27)24-13-17-4-6-19(23)7-5-17/h4-12H,13-14H2,1-3H3,(H2,24,25,27). The van der Waals surface area contributed by atoms with E-state index in [1.54, 1.807) is 19.2 Å². The molecule has 0 radical (unpaired) electrons. The molecule has 0 fully saturated rings. The number of aryl methyl sites for hydroxylation is 1. The number of nitrogens with one attached hydrogen (secondary N) is 2. The molecule has 0 aliphatic rings. The Morgan fingerprint density at radius 1 is 1.00 bits per heavy atom. The summed E-state index contributed by atoms with van der Waals surface area (Å²) < 4.78 is 20.3. The van der Waals surface area contributed by atoms with Crippen LogP contribution in [0.4, 0.5) is 9.18 Å². The molecule has 2 N–H and O–H groups in total. The second-order valence-electron chi connectivity index (χ2n) is 6.59. The number of methoxy groups -OCH3 is 1. The van der Waals surface area contributed by atoms with Gasteiger partial charge >= 0.3 is 6.03 Å². The van der Waals surface area contributed by atoms with Crippen molar-refractivity contribution >= 4 is 6.03 Å². The Morgan fingerprint density at radius 2 is 1.64 bits per heavy atom. The van der Waals surface area contributed by atoms with Gasteiger partial charge in [0.1, 0.15) is 11.6 Å². The molecule has 0 saturated carbocycles. The van der Waals surface area contributed by atoms with Crippen LogP contribution < -0.4 is 15.4 Å². The van der Waals surface area contributed by atoms with E-state index in [0.717, 1.165) is 34.0 Å². The predicted octanol–water partition coefficient (Wildman–Crippen LogP) is 4.24. The van der Waals surface area contributed by atoms with Crippen LogP contribution in [0.5, 0.6) is 5.75 Å². The van der Waals surface area contributed by atoms with E-state index >= 15 is 0 Å². The second kappa shape index (κ2) is 8.61. The third-order valence-electron chi connectivity index (χ3n) is 4.67. The first kappa shape index (κ1) is 19.5. The quantitative estimate of drug-likeness (QED) is 0.671. The van der Waals surface area contributed by atoms with Crippen molar-refractivity contribution in [1.82, 2.24) is 15.2 Å². The zero-order valence-corrected chi connectivity index (χ0v) is 16.3. The van der Waals surface area contributed by atoms with E-state index in [1.807, 2.05) is 38.1 Å². The normalized spacial score (nSPS) is 10.6. The molecule has 0 atom stereocenters. The number of nitrogens with zero attached hydrogens (tertiary/aromatic N) is 1. The van der Waals surface area contributed by atoms with Crippen LogP contribution in [0.15, 0.2) is 54.6 Å². The van der Waals surface area contributed by atoms with Crippen LogP contribution in [0, 0.1) is 19.7 Å². The van der Waals surface area contributed by atoms with Crippen LogP contribution >= 0.6 is 0 Å². The molecule has 1 aromatic heterocycles. The summed E-state index contributed by atoms with van der Waals surface area (Å²) in [5, 5.41) is 5.65. The molecule has 0 spiro atoms. The van der Waals surface area contributed by atoms with E-state index in [-0.39, 0.29) is 11.8 Å². The van der Waals surface area contributed by atoms with Crippen molar-refractivity contribution in [2.75, 3.05) is 7.11 Å². The van der Waals surface area contributed by atoms with Gasteiger partial charge < -0.3 is 19.9 Å². The Labute approximate surface area is 164 Å². The van der Waals surface area contributed by atoms with Gasteiger partial charge in [-0.05, 0) is 67.4 Å². The highest BCUT2D eigenvalue weighted by molar-refractivity contribution is 5.73. The van der Waals surface area contributed by atoms with Crippen LogP contribution in [-0.4, -0.2) is 17.7 Å². The Bertz CT molecular complexity index is 947. The number of urea groups is 1. The zero-order chi connectivity index (χ0) is 20.1. The number of amides is 2. The van der Waals surface area contributed by atoms with E-state index in [0.29, 0.717) is 13.1 Å². The molecule has 5 nitrogen and oxygen atoms in total. The van der Waals surface area contributed by atoms with E-state index in [9.17, 15) is 9.18 Å². The lowest BCUT2D eigenvalue weighted by molar-refractivity contribution is 0.240. The number of carbonyl (C=O) groups is 1. The van der Waals surface area contributed by atoms with Gasteiger partial charge in [-0.25, -0.2) is 9.18 Å². The maximum Gasteiger partial charge on any atom is 0.315 e. The summed E-state index contributed by atoms with van der Waals surface area (Å²) in [5.41, 5.74) is 5.09. The summed E-state index contributed by atoms with van der Waals surface area (Å²) in [6.07, 6.45) is 0. The van der Waals surface area contributed by atoms with Gasteiger partial charge in [-0.3, -0.25) is 0 Å². The van der Waals surface area contributed by atoms with Crippen molar-refractivity contribution in [2.45, 2.75) is 26.9 Å². The third kappa shape index (κ3) is 4.52. The van der Waals surface area contributed by atoms with Gasteiger partial charge in [-0.15, -0.1) is 0 Å². The minimum absolute atomic E-state index is 0.265. The Kier molecular flexibility index (Phi) is 5.99. The van der Waals surface area contributed by atoms with E-state index < -0.39 is 0 Å². The van der Waals surface area contributed by atoms with E-state index in [4.69, 9.17) is 4.74 Å². The first-order valence-electron chi connectivity index (χ1n) is 9.06. The number of hydrogen-bond acceptors (Lipinski definition) is 2. The zero-order valence-electron chi connectivity index (χ0n) is 16.3. The van der Waals surface area contributed by atoms with Crippen LogP contribution in [0.1, 0.15) is 22.5 Å². The third-order valence-corrected chi connectivity index (χ3v) is 4.67. The summed E-state index contributed by atoms with van der Waals surface area (Å²) in [6.45, 7) is 4.84. The van der Waals surface area contributed by atoms with Crippen molar-refractivity contribution in [1.29, 1.82) is 0 Å². The van der Waals surface area contributed by atoms with Crippen LogP contribution in [-0.2, 0) is 13.1 Å². The van der Waals surface area contributed by atoms with Crippen molar-refractivity contribution in [3.05, 3.63) is 82.9 Å². The maximum absolute atomic E-state index is 12.9. The largest absolute Gasteiger partial charge is 0.497 e. The Balaban J connectivity index is 1.61. The Hall–Kier alpha value is -3.28. The fourth-order valence-corrected chi connectivity index (χ4v) is 3.16. The number of halogens is 1. The molecule has 1 heterocycles. The number of rotatable bonds is 6. The lowest BCUT2D eigenvalue weighted by Gasteiger charge is -2.11. The molecule has 3 rings (SSSR count). The van der Waals surface area contributed by atoms with Crippen molar-refractivity contribution in [3.63, 3.8) is 0 Å². The summed E-state index contributed by atoms with van der Waals surface area (Å²) in [5.74, 6) is 0.520. The fourth-order valence-electron chi connectivity index (χ4n) is 3.16. The molecule has 3 aromatic rings. The molecule has 146 valence electrons. The highest BCUT2D eigenvalue weighted by Gasteiger charge is 2.12. The van der Waals surface area contributed by atoms with Crippen LogP contribution in [0.3, 0.4) is 0 Å². The first-order chi connectivity index (χ1) is 13.5. The van der Waals surface area contributed by atoms with Gasteiger partial charge in [0.05, 0.1) is 7.11 Å². The second-order valence-corrected chi connectivity index (χ2v) is 6.59. The molecule has 0 aliphatic carbocycles. The monoisotopic (exact) mass is 381 g/mol. The molecule has 0 bridgehead atoms. The van der Waals surface area contributed by atoms with Gasteiger partial charge in [0.2, 0.25) is 0 Å². The number of ether oxygens (including phenoxy) is 1. The van der Waals surface area contributed by atoms with Gasteiger partial charge in [-0.2, -0.15) is 0 Å². The summed E-state index contributed by atoms with van der Waals surface area (Å²) in [4.78, 5) is 12.1. The Morgan fingerprint density at radius 3 is 2.29 bits per heavy atom. The molecule has 0 aliphatic heterocycles. The smallest absolute Gasteiger partial charge is 0.315 e. The van der Waals surface area contributed by atoms with Crippen molar-refractivity contribution in [2.24, 2.45) is 0 Å². The van der Waals surface area contributed by atoms with Crippen molar-refractivity contribution < 1.29 is 13.9 Å². The van der Waals surface area contributed by atoms with Crippen molar-refractivity contribution in [3.8, 4) is 11.4 Å². The molecule has 6 heteroatoms. The van der Waals surface area contributed by atoms with Gasteiger partial charge in [0.25, 0.3) is 0 Å². The lowest BCUT2D eigenvalue weighted by Crippen LogP contribution is -2.34. The predicted molar refractivity (Wildman–Crippen MR) is 107 cm³/mol. The number of carbonyl (C=O) groups excluding carboxylic acids is 1. The first-order valence-corrected chi connectivity index (χ1v) is 9.06. The summed E-state index contributed by atoms with van der Waals surface area (Å²) >= 11 is 0. The molecule has 0 unspecified atom stereocenters. The lowest BCUT2D eigenvalue weighted by atomic mass is 10.2. The van der Waals surface area contributed by atoms with Gasteiger partial charge in [-0.1, -0.05) is 12.1 Å². The average molecular weight is 381 g/mol. The van der Waals surface area contributed by atoms with E-state index in [1.165, 1.54) is 12.1 Å². The molecule has 2 aromatic carbocycles. The molecular formula is C22H24FN3O2. The van der Waals surface area contributed by atoms with E-state index in [2.05, 4.69) is 21.3 Å². The number of benzene rings is 2. The maximum atomic E-state index is 12.9. The minimum atomic E-state index is -0.291. The minimum Gasteiger partial charge on any atom is -0.497 e. The average Bonchev–Trinajstić information content (AvgIpc) is 2.99. The topological polar surface area (TPSA) is 55.3 Å². The molecule has 0 saturated heterocycles. The summed E-state index contributed by atoms with van der Waals surface area (Å²) in [6, 6.07) is 15.7. The van der Waals surface area contributed by atoms with Gasteiger partial charge in [0.15, 0.2) is 0 Å². The van der Waals surface area contributed by atoms with Crippen LogP contribution in [0.25, 0.3) is 5.69 Å². The number of hydrogen-bond donors (Lipinski definition) is 2. The SMILES string of the molecule is COc1ccc(-n2c(C)cc(CNC(=O)NCc3ccc(F)cc3)c2C)cc1. The van der Waals surface area contributed by atoms with Crippen LogP contribution in [0.2, 0.25) is 0 Å². The number of aromatic nitrogens is 1. The molecular weight excluding hydrogens is 357 g/mol. The fraction of sp³-hybridized carbons (Fsp3) is 0.227. The van der Waals surface area contributed by atoms with Gasteiger partial charge in [0, 0.05) is 30.2 Å².